The zero-order valence-corrected chi connectivity index (χ0v) is 16.3. The summed E-state index contributed by atoms with van der Waals surface area (Å²) in [7, 11) is 0. The third-order valence-electron chi connectivity index (χ3n) is 5.30. The standard InChI is InChI=1S/C20H22ClN5O2/c1-12-14(15-4-2-3-5-16(15)23-12)6-7-18(27)24-13-8-9-26(11-13)17-10-22-25-20(28)19(17)21/h2-5,10,13,23H,6-9,11H2,1H3,(H,24,27)(H,25,28). The van der Waals surface area contributed by atoms with Crippen molar-refractivity contribution < 1.29 is 4.79 Å². The molecule has 3 heterocycles. The number of anilines is 1. The molecule has 8 heteroatoms. The van der Waals surface area contributed by atoms with Crippen molar-refractivity contribution in [3.05, 3.63) is 57.1 Å². The van der Waals surface area contributed by atoms with Crippen LogP contribution in [0.15, 0.2) is 35.3 Å². The van der Waals surface area contributed by atoms with Crippen LogP contribution < -0.4 is 15.8 Å². The maximum Gasteiger partial charge on any atom is 0.285 e. The van der Waals surface area contributed by atoms with Crippen LogP contribution in [-0.2, 0) is 11.2 Å². The summed E-state index contributed by atoms with van der Waals surface area (Å²) in [6.45, 7) is 3.38. The topological polar surface area (TPSA) is 93.9 Å². The smallest absolute Gasteiger partial charge is 0.285 e. The summed E-state index contributed by atoms with van der Waals surface area (Å²) in [6.07, 6.45) is 3.49. The Morgan fingerprint density at radius 1 is 1.39 bits per heavy atom. The fourth-order valence-electron chi connectivity index (χ4n) is 3.89. The molecule has 4 rings (SSSR count). The van der Waals surface area contributed by atoms with Crippen molar-refractivity contribution in [3.63, 3.8) is 0 Å². The van der Waals surface area contributed by atoms with Crippen LogP contribution in [0.2, 0.25) is 5.02 Å². The predicted octanol–water partition coefficient (Wildman–Crippen LogP) is 2.54. The number of nitrogens with one attached hydrogen (secondary N) is 3. The molecule has 146 valence electrons. The van der Waals surface area contributed by atoms with E-state index in [1.807, 2.05) is 30.0 Å². The van der Waals surface area contributed by atoms with E-state index in [1.54, 1.807) is 6.20 Å². The Morgan fingerprint density at radius 2 is 2.21 bits per heavy atom. The number of amides is 1. The van der Waals surface area contributed by atoms with E-state index in [0.717, 1.165) is 24.2 Å². The first-order valence-corrected chi connectivity index (χ1v) is 9.74. The highest BCUT2D eigenvalue weighted by Crippen LogP contribution is 2.25. The van der Waals surface area contributed by atoms with Gasteiger partial charge in [-0.25, -0.2) is 5.10 Å². The summed E-state index contributed by atoms with van der Waals surface area (Å²) < 4.78 is 0. The summed E-state index contributed by atoms with van der Waals surface area (Å²) in [5.41, 5.74) is 3.61. The lowest BCUT2D eigenvalue weighted by molar-refractivity contribution is -0.121. The molecule has 1 amide bonds. The van der Waals surface area contributed by atoms with Crippen LogP contribution in [0.3, 0.4) is 0 Å². The molecule has 28 heavy (non-hydrogen) atoms. The van der Waals surface area contributed by atoms with E-state index >= 15 is 0 Å². The summed E-state index contributed by atoms with van der Waals surface area (Å²) >= 11 is 6.08. The second kappa shape index (κ2) is 7.67. The Morgan fingerprint density at radius 3 is 3.07 bits per heavy atom. The molecule has 0 aliphatic carbocycles. The summed E-state index contributed by atoms with van der Waals surface area (Å²) in [5.74, 6) is 0.0339. The van der Waals surface area contributed by atoms with Crippen LogP contribution in [0.4, 0.5) is 5.69 Å². The Kier molecular flexibility index (Phi) is 5.09. The van der Waals surface area contributed by atoms with Crippen molar-refractivity contribution in [3.8, 4) is 0 Å². The molecule has 1 aliphatic rings. The minimum absolute atomic E-state index is 0.0339. The lowest BCUT2D eigenvalue weighted by Crippen LogP contribution is -2.37. The lowest BCUT2D eigenvalue weighted by Gasteiger charge is -2.19. The van der Waals surface area contributed by atoms with Gasteiger partial charge in [-0.15, -0.1) is 0 Å². The molecule has 1 unspecified atom stereocenters. The Hall–Kier alpha value is -2.80. The fraction of sp³-hybridized carbons (Fsp3) is 0.350. The molecule has 0 radical (unpaired) electrons. The Balaban J connectivity index is 1.35. The van der Waals surface area contributed by atoms with Crippen molar-refractivity contribution in [2.45, 2.75) is 32.2 Å². The molecule has 1 aliphatic heterocycles. The van der Waals surface area contributed by atoms with Crippen molar-refractivity contribution in [1.82, 2.24) is 20.5 Å². The zero-order chi connectivity index (χ0) is 19.7. The van der Waals surface area contributed by atoms with Gasteiger partial charge in [0.2, 0.25) is 5.91 Å². The molecule has 7 nitrogen and oxygen atoms in total. The molecule has 0 bridgehead atoms. The van der Waals surface area contributed by atoms with E-state index in [2.05, 4.69) is 26.6 Å². The van der Waals surface area contributed by atoms with Crippen LogP contribution >= 0.6 is 11.6 Å². The van der Waals surface area contributed by atoms with Crippen LogP contribution in [0.1, 0.15) is 24.1 Å². The average molecular weight is 400 g/mol. The number of H-pyrrole nitrogens is 2. The molecule has 1 saturated heterocycles. The SMILES string of the molecule is Cc1[nH]c2ccccc2c1CCC(=O)NC1CCN(c2cn[nH]c(=O)c2Cl)C1. The van der Waals surface area contributed by atoms with Crippen molar-refractivity contribution in [1.29, 1.82) is 0 Å². The Bertz CT molecular complexity index is 1070. The maximum absolute atomic E-state index is 12.5. The lowest BCUT2D eigenvalue weighted by atomic mass is 10.1. The number of aryl methyl sites for hydroxylation is 2. The zero-order valence-electron chi connectivity index (χ0n) is 15.6. The monoisotopic (exact) mass is 399 g/mol. The number of aromatic nitrogens is 3. The number of hydrogen-bond donors (Lipinski definition) is 3. The highest BCUT2D eigenvalue weighted by molar-refractivity contribution is 6.33. The number of halogens is 1. The maximum atomic E-state index is 12.5. The van der Waals surface area contributed by atoms with Gasteiger partial charge < -0.3 is 15.2 Å². The summed E-state index contributed by atoms with van der Waals surface area (Å²) in [6, 6.07) is 8.18. The van der Waals surface area contributed by atoms with Crippen molar-refractivity contribution in [2.24, 2.45) is 0 Å². The number of aromatic amines is 2. The second-order valence-corrected chi connectivity index (χ2v) is 7.55. The van der Waals surface area contributed by atoms with E-state index in [4.69, 9.17) is 11.6 Å². The molecule has 3 N–H and O–H groups in total. The highest BCUT2D eigenvalue weighted by atomic mass is 35.5. The largest absolute Gasteiger partial charge is 0.367 e. The number of benzene rings is 1. The minimum atomic E-state index is -0.402. The van der Waals surface area contributed by atoms with Crippen molar-refractivity contribution in [2.75, 3.05) is 18.0 Å². The summed E-state index contributed by atoms with van der Waals surface area (Å²) in [4.78, 5) is 29.5. The fourth-order valence-corrected chi connectivity index (χ4v) is 4.10. The van der Waals surface area contributed by atoms with Crippen LogP contribution in [0.25, 0.3) is 10.9 Å². The van der Waals surface area contributed by atoms with Gasteiger partial charge in [-0.2, -0.15) is 5.10 Å². The molecular formula is C20H22ClN5O2. The third kappa shape index (κ3) is 3.62. The molecule has 2 aromatic heterocycles. The van der Waals surface area contributed by atoms with Gasteiger partial charge in [0.1, 0.15) is 5.02 Å². The average Bonchev–Trinajstić information content (AvgIpc) is 3.26. The van der Waals surface area contributed by atoms with E-state index in [1.165, 1.54) is 10.9 Å². The molecular weight excluding hydrogens is 378 g/mol. The molecule has 1 fully saturated rings. The molecule has 0 saturated carbocycles. The predicted molar refractivity (Wildman–Crippen MR) is 110 cm³/mol. The highest BCUT2D eigenvalue weighted by Gasteiger charge is 2.26. The number of para-hydroxylation sites is 1. The first-order valence-electron chi connectivity index (χ1n) is 9.36. The molecule has 1 aromatic carbocycles. The normalized spacial score (nSPS) is 16.6. The van der Waals surface area contributed by atoms with Gasteiger partial charge in [0.25, 0.3) is 5.56 Å². The number of fused-ring (bicyclic) bond motifs is 1. The molecule has 3 aromatic rings. The number of rotatable bonds is 5. The van der Waals surface area contributed by atoms with E-state index in [0.29, 0.717) is 25.1 Å². The quantitative estimate of drug-likeness (QED) is 0.614. The van der Waals surface area contributed by atoms with Crippen LogP contribution in [0, 0.1) is 6.92 Å². The number of carbonyl (C=O) groups excluding carboxylic acids is 1. The third-order valence-corrected chi connectivity index (χ3v) is 5.67. The first kappa shape index (κ1) is 18.6. The van der Waals surface area contributed by atoms with Crippen LogP contribution in [0.5, 0.6) is 0 Å². The number of carbonyl (C=O) groups is 1. The van der Waals surface area contributed by atoms with Gasteiger partial charge in [-0.3, -0.25) is 9.59 Å². The molecule has 1 atom stereocenters. The van der Waals surface area contributed by atoms with Gasteiger partial charge in [0.05, 0.1) is 11.9 Å². The van der Waals surface area contributed by atoms with Gasteiger partial charge in [0, 0.05) is 42.1 Å². The van der Waals surface area contributed by atoms with E-state index in [9.17, 15) is 9.59 Å². The van der Waals surface area contributed by atoms with Gasteiger partial charge in [-0.05, 0) is 31.4 Å². The number of nitrogens with zero attached hydrogens (tertiary/aromatic N) is 2. The first-order chi connectivity index (χ1) is 13.5. The van der Waals surface area contributed by atoms with Crippen molar-refractivity contribution >= 4 is 34.1 Å². The van der Waals surface area contributed by atoms with Crippen LogP contribution in [-0.4, -0.2) is 40.2 Å². The molecule has 0 spiro atoms. The van der Waals surface area contributed by atoms with E-state index < -0.39 is 5.56 Å². The second-order valence-electron chi connectivity index (χ2n) is 7.17. The summed E-state index contributed by atoms with van der Waals surface area (Å²) in [5, 5.41) is 10.5. The van der Waals surface area contributed by atoms with Gasteiger partial charge in [-0.1, -0.05) is 29.8 Å². The van der Waals surface area contributed by atoms with Gasteiger partial charge >= 0.3 is 0 Å². The van der Waals surface area contributed by atoms with Gasteiger partial charge in [0.15, 0.2) is 0 Å². The Labute approximate surface area is 167 Å². The van der Waals surface area contributed by atoms with E-state index in [-0.39, 0.29) is 17.0 Å². The number of hydrogen-bond acceptors (Lipinski definition) is 4. The minimum Gasteiger partial charge on any atom is -0.367 e.